The van der Waals surface area contributed by atoms with E-state index in [2.05, 4.69) is 10.5 Å². The van der Waals surface area contributed by atoms with Crippen LogP contribution in [0.15, 0.2) is 53.7 Å². The van der Waals surface area contributed by atoms with Crippen molar-refractivity contribution < 1.29 is 18.9 Å². The Morgan fingerprint density at radius 1 is 1.32 bits per heavy atom. The van der Waals surface area contributed by atoms with Gasteiger partial charge in [-0.05, 0) is 12.1 Å². The fourth-order valence-electron chi connectivity index (χ4n) is 2.49. The van der Waals surface area contributed by atoms with Gasteiger partial charge in [-0.1, -0.05) is 35.5 Å². The van der Waals surface area contributed by atoms with Crippen LogP contribution < -0.4 is 5.32 Å². The number of rotatable bonds is 5. The molecule has 0 aliphatic carbocycles. The van der Waals surface area contributed by atoms with E-state index in [0.29, 0.717) is 16.8 Å². The lowest BCUT2D eigenvalue weighted by atomic mass is 10.0. The molecule has 25 heavy (non-hydrogen) atoms. The first-order valence-corrected chi connectivity index (χ1v) is 7.53. The number of nitrogens with zero attached hydrogens (tertiary/aromatic N) is 2. The number of benzene rings is 2. The lowest BCUT2D eigenvalue weighted by Gasteiger charge is -2.09. The summed E-state index contributed by atoms with van der Waals surface area (Å²) in [5.74, 6) is -0.835. The average Bonchev–Trinajstić information content (AvgIpc) is 3.10. The maximum atomic E-state index is 13.3. The quantitative estimate of drug-likeness (QED) is 0.667. The molecule has 7 nitrogen and oxygen atoms in total. The molecule has 1 aliphatic heterocycles. The van der Waals surface area contributed by atoms with Gasteiger partial charge in [0, 0.05) is 30.2 Å². The van der Waals surface area contributed by atoms with Gasteiger partial charge in [-0.2, -0.15) is 0 Å². The summed E-state index contributed by atoms with van der Waals surface area (Å²) in [5, 5.41) is 17.4. The van der Waals surface area contributed by atoms with Crippen molar-refractivity contribution >= 4 is 17.3 Å². The third-order valence-electron chi connectivity index (χ3n) is 3.76. The number of nitro groups is 1. The van der Waals surface area contributed by atoms with E-state index < -0.39 is 22.8 Å². The number of carbonyl (C=O) groups is 1. The van der Waals surface area contributed by atoms with E-state index in [4.69, 9.17) is 4.84 Å². The summed E-state index contributed by atoms with van der Waals surface area (Å²) < 4.78 is 13.3. The number of amides is 1. The van der Waals surface area contributed by atoms with Crippen LogP contribution in [0, 0.1) is 15.9 Å². The van der Waals surface area contributed by atoms with E-state index >= 15 is 0 Å². The van der Waals surface area contributed by atoms with Crippen LogP contribution in [0.3, 0.4) is 0 Å². The molecule has 1 amide bonds. The Balaban J connectivity index is 1.60. The van der Waals surface area contributed by atoms with Gasteiger partial charge in [0.2, 0.25) is 6.10 Å². The lowest BCUT2D eigenvalue weighted by Crippen LogP contribution is -2.34. The second-order valence-corrected chi connectivity index (χ2v) is 5.45. The van der Waals surface area contributed by atoms with E-state index in [0.717, 1.165) is 0 Å². The lowest BCUT2D eigenvalue weighted by molar-refractivity contribution is -0.385. The molecular weight excluding hydrogens is 329 g/mol. The molecule has 0 spiro atoms. The molecule has 1 aliphatic rings. The first-order chi connectivity index (χ1) is 12.0. The van der Waals surface area contributed by atoms with Crippen LogP contribution in [0.4, 0.5) is 10.1 Å². The van der Waals surface area contributed by atoms with Gasteiger partial charge in [0.05, 0.1) is 10.6 Å². The predicted molar refractivity (Wildman–Crippen MR) is 87.4 cm³/mol. The number of hydrogen-bond donors (Lipinski definition) is 1. The Labute approximate surface area is 142 Å². The van der Waals surface area contributed by atoms with Gasteiger partial charge in [-0.3, -0.25) is 14.9 Å². The molecule has 0 radical (unpaired) electrons. The van der Waals surface area contributed by atoms with Crippen molar-refractivity contribution in [3.63, 3.8) is 0 Å². The van der Waals surface area contributed by atoms with Crippen LogP contribution in [0.1, 0.15) is 17.5 Å². The zero-order valence-electron chi connectivity index (χ0n) is 13.0. The van der Waals surface area contributed by atoms with Gasteiger partial charge in [0.15, 0.2) is 0 Å². The van der Waals surface area contributed by atoms with Gasteiger partial charge >= 0.3 is 0 Å². The summed E-state index contributed by atoms with van der Waals surface area (Å²) in [6.07, 6.45) is -0.646. The zero-order chi connectivity index (χ0) is 17.8. The standard InChI is InChI=1S/C17H14FN3O4/c18-13-6-3-5-11(8-13)14-9-16(25-20-14)17(22)19-10-12-4-1-2-7-15(12)21(23)24/h1-8,16H,9-10H2,(H,19,22). The fraction of sp³-hybridized carbons (Fsp3) is 0.176. The summed E-state index contributed by atoms with van der Waals surface area (Å²) in [4.78, 5) is 27.8. The molecule has 1 unspecified atom stereocenters. The number of nitrogens with one attached hydrogen (secondary N) is 1. The summed E-state index contributed by atoms with van der Waals surface area (Å²) in [6, 6.07) is 12.0. The molecule has 3 rings (SSSR count). The van der Waals surface area contributed by atoms with Crippen molar-refractivity contribution in [2.75, 3.05) is 0 Å². The Hall–Kier alpha value is -3.29. The van der Waals surface area contributed by atoms with Crippen molar-refractivity contribution in [3.05, 3.63) is 75.6 Å². The first kappa shape index (κ1) is 16.6. The minimum atomic E-state index is -0.846. The number of hydrogen-bond acceptors (Lipinski definition) is 5. The fourth-order valence-corrected chi connectivity index (χ4v) is 2.49. The molecule has 1 N–H and O–H groups in total. The van der Waals surface area contributed by atoms with Gasteiger partial charge in [0.25, 0.3) is 11.6 Å². The maximum absolute atomic E-state index is 13.3. The van der Waals surface area contributed by atoms with Crippen LogP contribution >= 0.6 is 0 Å². The molecule has 0 saturated carbocycles. The van der Waals surface area contributed by atoms with Crippen molar-refractivity contribution in [2.45, 2.75) is 19.1 Å². The van der Waals surface area contributed by atoms with Crippen LogP contribution in [0.25, 0.3) is 0 Å². The van der Waals surface area contributed by atoms with Crippen LogP contribution in [0.2, 0.25) is 0 Å². The molecule has 1 heterocycles. The van der Waals surface area contributed by atoms with Gasteiger partial charge in [0.1, 0.15) is 5.82 Å². The number of para-hydroxylation sites is 1. The smallest absolute Gasteiger partial charge is 0.274 e. The molecule has 128 valence electrons. The highest BCUT2D eigenvalue weighted by Crippen LogP contribution is 2.19. The highest BCUT2D eigenvalue weighted by atomic mass is 19.1. The molecule has 0 bridgehead atoms. The van der Waals surface area contributed by atoms with Gasteiger partial charge in [-0.15, -0.1) is 0 Å². The first-order valence-electron chi connectivity index (χ1n) is 7.53. The largest absolute Gasteiger partial charge is 0.382 e. The summed E-state index contributed by atoms with van der Waals surface area (Å²) in [5.41, 5.74) is 1.36. The third-order valence-corrected chi connectivity index (χ3v) is 3.76. The predicted octanol–water partition coefficient (Wildman–Crippen LogP) is 2.54. The molecule has 1 atom stereocenters. The molecule has 0 fully saturated rings. The maximum Gasteiger partial charge on any atom is 0.274 e. The minimum absolute atomic E-state index is 0.00510. The Morgan fingerprint density at radius 3 is 2.88 bits per heavy atom. The van der Waals surface area contributed by atoms with Gasteiger partial charge in [-0.25, -0.2) is 4.39 Å². The topological polar surface area (TPSA) is 93.8 Å². The molecule has 8 heteroatoms. The van der Waals surface area contributed by atoms with Crippen molar-refractivity contribution in [1.29, 1.82) is 0 Å². The summed E-state index contributed by atoms with van der Waals surface area (Å²) >= 11 is 0. The monoisotopic (exact) mass is 343 g/mol. The summed E-state index contributed by atoms with van der Waals surface area (Å²) in [7, 11) is 0. The Kier molecular flexibility index (Phi) is 4.69. The normalized spacial score (nSPS) is 16.0. The summed E-state index contributed by atoms with van der Waals surface area (Å²) in [6.45, 7) is 0.00510. The van der Waals surface area contributed by atoms with Gasteiger partial charge < -0.3 is 10.2 Å². The number of oxime groups is 1. The molecule has 0 saturated heterocycles. The number of carbonyl (C=O) groups excluding carboxylic acids is 1. The molecule has 2 aromatic carbocycles. The SMILES string of the molecule is O=C(NCc1ccccc1[N+](=O)[O-])C1CC(c2cccc(F)c2)=NO1. The average molecular weight is 343 g/mol. The van der Waals surface area contributed by atoms with E-state index in [1.165, 1.54) is 18.2 Å². The van der Waals surface area contributed by atoms with E-state index in [1.54, 1.807) is 30.3 Å². The van der Waals surface area contributed by atoms with Crippen LogP contribution in [0.5, 0.6) is 0 Å². The molecular formula is C17H14FN3O4. The van der Waals surface area contributed by atoms with Crippen molar-refractivity contribution in [3.8, 4) is 0 Å². The number of nitro benzene ring substituents is 1. The Bertz CT molecular complexity index is 853. The number of halogens is 1. The molecule has 2 aromatic rings. The third kappa shape index (κ3) is 3.79. The highest BCUT2D eigenvalue weighted by molar-refractivity contribution is 6.04. The van der Waals surface area contributed by atoms with E-state index in [-0.39, 0.29) is 18.7 Å². The minimum Gasteiger partial charge on any atom is -0.382 e. The zero-order valence-corrected chi connectivity index (χ0v) is 13.0. The highest BCUT2D eigenvalue weighted by Gasteiger charge is 2.29. The van der Waals surface area contributed by atoms with Crippen LogP contribution in [-0.4, -0.2) is 22.6 Å². The molecule has 0 aromatic heterocycles. The van der Waals surface area contributed by atoms with E-state index in [1.807, 2.05) is 0 Å². The second-order valence-electron chi connectivity index (χ2n) is 5.45. The van der Waals surface area contributed by atoms with Crippen LogP contribution in [-0.2, 0) is 16.2 Å². The van der Waals surface area contributed by atoms with E-state index in [9.17, 15) is 19.3 Å². The van der Waals surface area contributed by atoms with Crippen molar-refractivity contribution in [2.24, 2.45) is 5.16 Å². The van der Waals surface area contributed by atoms with Crippen molar-refractivity contribution in [1.82, 2.24) is 5.32 Å². The Morgan fingerprint density at radius 2 is 2.12 bits per heavy atom. The second kappa shape index (κ2) is 7.08.